The number of hydrogen-bond donors (Lipinski definition) is 3. The normalized spacial score (nSPS) is 14.7. The Morgan fingerprint density at radius 1 is 1.28 bits per heavy atom. The Kier molecular flexibility index (Phi) is 6.11. The van der Waals surface area contributed by atoms with Crippen molar-refractivity contribution in [3.05, 3.63) is 0 Å². The zero-order valence-electron chi connectivity index (χ0n) is 11.8. The first-order valence-corrected chi connectivity index (χ1v) is 6.01. The van der Waals surface area contributed by atoms with Gasteiger partial charge in [0.2, 0.25) is 0 Å². The molecule has 0 aliphatic heterocycles. The minimum Gasteiger partial charge on any atom is -0.480 e. The van der Waals surface area contributed by atoms with Crippen LogP contribution in [-0.4, -0.2) is 41.9 Å². The van der Waals surface area contributed by atoms with Gasteiger partial charge in [-0.1, -0.05) is 13.3 Å². The van der Waals surface area contributed by atoms with Crippen molar-refractivity contribution in [2.45, 2.75) is 51.7 Å². The molecule has 0 aromatic rings. The fourth-order valence-corrected chi connectivity index (χ4v) is 1.38. The standard InChI is InChI=1S/C12H24N2O4/c1-6-7-12(4,9(15)16)14-10(17)13-8-11(2,3)18-5/h6-8H2,1-5H3,(H,15,16)(H2,13,14,17). The zero-order chi connectivity index (χ0) is 14.4. The molecule has 0 aromatic carbocycles. The lowest BCUT2D eigenvalue weighted by molar-refractivity contribution is -0.144. The Labute approximate surface area is 108 Å². The van der Waals surface area contributed by atoms with E-state index in [1.54, 1.807) is 7.11 Å². The van der Waals surface area contributed by atoms with Crippen LogP contribution in [0.15, 0.2) is 0 Å². The fourth-order valence-electron chi connectivity index (χ4n) is 1.38. The molecule has 6 nitrogen and oxygen atoms in total. The van der Waals surface area contributed by atoms with Crippen molar-refractivity contribution in [2.24, 2.45) is 0 Å². The lowest BCUT2D eigenvalue weighted by Crippen LogP contribution is -2.56. The molecule has 0 heterocycles. The van der Waals surface area contributed by atoms with E-state index in [1.165, 1.54) is 6.92 Å². The molecule has 0 aliphatic rings. The monoisotopic (exact) mass is 260 g/mol. The van der Waals surface area contributed by atoms with Gasteiger partial charge in [0.05, 0.1) is 5.60 Å². The van der Waals surface area contributed by atoms with Gasteiger partial charge in [0.1, 0.15) is 5.54 Å². The maximum absolute atomic E-state index is 11.7. The number of carbonyl (C=O) groups is 2. The van der Waals surface area contributed by atoms with Gasteiger partial charge in [-0.3, -0.25) is 0 Å². The minimum atomic E-state index is -1.24. The Morgan fingerprint density at radius 3 is 2.22 bits per heavy atom. The lowest BCUT2D eigenvalue weighted by Gasteiger charge is -2.28. The van der Waals surface area contributed by atoms with E-state index in [4.69, 9.17) is 9.84 Å². The van der Waals surface area contributed by atoms with Crippen molar-refractivity contribution in [2.75, 3.05) is 13.7 Å². The molecule has 3 N–H and O–H groups in total. The van der Waals surface area contributed by atoms with E-state index in [1.807, 2.05) is 20.8 Å². The van der Waals surface area contributed by atoms with Crippen LogP contribution in [0.4, 0.5) is 4.79 Å². The second-order valence-electron chi connectivity index (χ2n) is 5.16. The number of nitrogens with one attached hydrogen (secondary N) is 2. The SMILES string of the molecule is CCCC(C)(NC(=O)NCC(C)(C)OC)C(=O)O. The van der Waals surface area contributed by atoms with Gasteiger partial charge >= 0.3 is 12.0 Å². The summed E-state index contributed by atoms with van der Waals surface area (Å²) in [4.78, 5) is 22.8. The van der Waals surface area contributed by atoms with Crippen LogP contribution in [-0.2, 0) is 9.53 Å². The topological polar surface area (TPSA) is 87.7 Å². The Morgan fingerprint density at radius 2 is 1.83 bits per heavy atom. The van der Waals surface area contributed by atoms with Crippen molar-refractivity contribution in [1.82, 2.24) is 10.6 Å². The molecule has 0 rings (SSSR count). The maximum atomic E-state index is 11.7. The number of hydrogen-bond acceptors (Lipinski definition) is 3. The summed E-state index contributed by atoms with van der Waals surface area (Å²) in [6, 6.07) is -0.501. The van der Waals surface area contributed by atoms with Gasteiger partial charge in [0, 0.05) is 13.7 Å². The second kappa shape index (κ2) is 6.58. The number of carboxylic acids is 1. The molecule has 1 atom stereocenters. The van der Waals surface area contributed by atoms with Crippen molar-refractivity contribution < 1.29 is 19.4 Å². The molecule has 106 valence electrons. The smallest absolute Gasteiger partial charge is 0.329 e. The molecule has 0 aliphatic carbocycles. The van der Waals surface area contributed by atoms with Gasteiger partial charge in [-0.15, -0.1) is 0 Å². The average Bonchev–Trinajstić information content (AvgIpc) is 2.26. The van der Waals surface area contributed by atoms with Gasteiger partial charge in [-0.05, 0) is 27.2 Å². The summed E-state index contributed by atoms with van der Waals surface area (Å²) in [5.41, 5.74) is -1.72. The van der Waals surface area contributed by atoms with E-state index < -0.39 is 23.1 Å². The van der Waals surface area contributed by atoms with E-state index in [9.17, 15) is 9.59 Å². The van der Waals surface area contributed by atoms with E-state index >= 15 is 0 Å². The maximum Gasteiger partial charge on any atom is 0.329 e. The minimum absolute atomic E-state index is 0.303. The Bertz CT molecular complexity index is 304. The summed E-state index contributed by atoms with van der Waals surface area (Å²) >= 11 is 0. The van der Waals surface area contributed by atoms with Crippen molar-refractivity contribution >= 4 is 12.0 Å². The zero-order valence-corrected chi connectivity index (χ0v) is 11.8. The van der Waals surface area contributed by atoms with Crippen LogP contribution in [0.1, 0.15) is 40.5 Å². The molecule has 0 bridgehead atoms. The predicted octanol–water partition coefficient (Wildman–Crippen LogP) is 1.35. The van der Waals surface area contributed by atoms with Crippen LogP contribution in [0, 0.1) is 0 Å². The number of aliphatic carboxylic acids is 1. The van der Waals surface area contributed by atoms with Crippen molar-refractivity contribution in [3.63, 3.8) is 0 Å². The van der Waals surface area contributed by atoms with Gasteiger partial charge in [-0.25, -0.2) is 9.59 Å². The molecule has 0 saturated carbocycles. The highest BCUT2D eigenvalue weighted by Gasteiger charge is 2.34. The van der Waals surface area contributed by atoms with Gasteiger partial charge < -0.3 is 20.5 Å². The van der Waals surface area contributed by atoms with Crippen molar-refractivity contribution in [1.29, 1.82) is 0 Å². The van der Waals surface area contributed by atoms with Crippen LogP contribution >= 0.6 is 0 Å². The number of methoxy groups -OCH3 is 1. The molecule has 0 saturated heterocycles. The first kappa shape index (κ1) is 16.7. The molecule has 1 unspecified atom stereocenters. The average molecular weight is 260 g/mol. The number of urea groups is 1. The summed E-state index contributed by atoms with van der Waals surface area (Å²) in [6.45, 7) is 7.33. The highest BCUT2D eigenvalue weighted by Crippen LogP contribution is 2.12. The number of carboxylic acid groups (broad SMARTS) is 1. The molecule has 2 amide bonds. The van der Waals surface area contributed by atoms with Crippen molar-refractivity contribution in [3.8, 4) is 0 Å². The number of ether oxygens (including phenoxy) is 1. The molecule has 0 radical (unpaired) electrons. The third-order valence-corrected chi connectivity index (χ3v) is 2.84. The Balaban J connectivity index is 4.41. The molecule has 0 aromatic heterocycles. The lowest BCUT2D eigenvalue weighted by atomic mass is 9.96. The first-order valence-electron chi connectivity index (χ1n) is 6.01. The van der Waals surface area contributed by atoms with E-state index in [-0.39, 0.29) is 0 Å². The number of carbonyl (C=O) groups excluding carboxylic acids is 1. The summed E-state index contributed by atoms with van der Waals surface area (Å²) in [7, 11) is 1.55. The summed E-state index contributed by atoms with van der Waals surface area (Å²) < 4.78 is 5.15. The third-order valence-electron chi connectivity index (χ3n) is 2.84. The summed E-state index contributed by atoms with van der Waals surface area (Å²) in [5.74, 6) is -1.04. The predicted molar refractivity (Wildman–Crippen MR) is 68.6 cm³/mol. The quantitative estimate of drug-likeness (QED) is 0.645. The van der Waals surface area contributed by atoms with Gasteiger partial charge in [-0.2, -0.15) is 0 Å². The molecule has 0 spiro atoms. The molecule has 0 fully saturated rings. The van der Waals surface area contributed by atoms with Crippen LogP contribution in [0.3, 0.4) is 0 Å². The first-order chi connectivity index (χ1) is 8.17. The van der Waals surface area contributed by atoms with Crippen LogP contribution in [0.5, 0.6) is 0 Å². The molecule has 6 heteroatoms. The van der Waals surface area contributed by atoms with Crippen LogP contribution in [0.2, 0.25) is 0 Å². The number of rotatable bonds is 7. The molecular formula is C12H24N2O4. The fraction of sp³-hybridized carbons (Fsp3) is 0.833. The highest BCUT2D eigenvalue weighted by molar-refractivity contribution is 5.85. The highest BCUT2D eigenvalue weighted by atomic mass is 16.5. The number of amides is 2. The molecular weight excluding hydrogens is 236 g/mol. The third kappa shape index (κ3) is 5.35. The molecule has 18 heavy (non-hydrogen) atoms. The summed E-state index contributed by atoms with van der Waals surface area (Å²) in [6.07, 6.45) is 1.05. The van der Waals surface area contributed by atoms with Gasteiger partial charge in [0.25, 0.3) is 0 Å². The van der Waals surface area contributed by atoms with Crippen LogP contribution in [0.25, 0.3) is 0 Å². The van der Waals surface area contributed by atoms with E-state index in [0.29, 0.717) is 19.4 Å². The van der Waals surface area contributed by atoms with Crippen LogP contribution < -0.4 is 10.6 Å². The Hall–Kier alpha value is -1.30. The van der Waals surface area contributed by atoms with E-state index in [0.717, 1.165) is 0 Å². The van der Waals surface area contributed by atoms with E-state index in [2.05, 4.69) is 10.6 Å². The van der Waals surface area contributed by atoms with Gasteiger partial charge in [0.15, 0.2) is 0 Å². The second-order valence-corrected chi connectivity index (χ2v) is 5.16. The largest absolute Gasteiger partial charge is 0.480 e. The summed E-state index contributed by atoms with van der Waals surface area (Å²) in [5, 5.41) is 14.2.